The minimum absolute atomic E-state index is 0.669. The third-order valence-corrected chi connectivity index (χ3v) is 10.6. The molecule has 0 fully saturated rings. The molecule has 0 bridgehead atoms. The average Bonchev–Trinajstić information content (AvgIpc) is 2.62. The van der Waals surface area contributed by atoms with Crippen LogP contribution in [-0.4, -0.2) is 8.32 Å². The second-order valence-corrected chi connectivity index (χ2v) is 14.9. The van der Waals surface area contributed by atoms with Crippen molar-refractivity contribution in [2.45, 2.75) is 19.6 Å². The molecule has 0 saturated heterocycles. The number of para-hydroxylation sites is 3. The topological polar surface area (TPSA) is 36.9 Å². The van der Waals surface area contributed by atoms with Gasteiger partial charge in [0.15, 0.2) is 0 Å². The normalized spacial score (nSPS) is 11.7. The second-order valence-electron chi connectivity index (χ2n) is 6.96. The summed E-state index contributed by atoms with van der Waals surface area (Å²) in [5, 5.41) is 0. The molecule has 0 amide bonds. The van der Waals surface area contributed by atoms with Gasteiger partial charge in [-0.1, -0.05) is 0 Å². The molecular weight excluding hydrogens is 392 g/mol. The maximum absolute atomic E-state index is 6.50. The summed E-state index contributed by atoms with van der Waals surface area (Å²) in [5.74, 6) is 2.01. The van der Waals surface area contributed by atoms with Crippen molar-refractivity contribution in [1.29, 1.82) is 0 Å². The van der Waals surface area contributed by atoms with Crippen molar-refractivity contribution in [3.05, 3.63) is 91.0 Å². The van der Waals surface area contributed by atoms with Crippen molar-refractivity contribution in [3.63, 3.8) is 0 Å². The van der Waals surface area contributed by atoms with E-state index < -0.39 is 26.5 Å². The van der Waals surface area contributed by atoms with Crippen LogP contribution in [0.15, 0.2) is 91.0 Å². The standard InChI is InChI=1S/3C6H6O.C3H9OSi.Ti/c3*7-6-4-2-1-3-5-6;1-5(2,3)4;/h3*1-5,7H;1-3H3;/q;;;-1;+4/p-3. The average molecular weight is 416 g/mol. The van der Waals surface area contributed by atoms with Crippen LogP contribution in [0.2, 0.25) is 19.6 Å². The van der Waals surface area contributed by atoms with Gasteiger partial charge < -0.3 is 0 Å². The molecule has 0 spiro atoms. The fourth-order valence-corrected chi connectivity index (χ4v) is 9.56. The molecule has 0 atom stereocenters. The Morgan fingerprint density at radius 2 is 0.815 bits per heavy atom. The van der Waals surface area contributed by atoms with Crippen LogP contribution < -0.4 is 9.96 Å². The molecule has 3 aromatic rings. The van der Waals surface area contributed by atoms with E-state index in [0.717, 1.165) is 0 Å². The van der Waals surface area contributed by atoms with Gasteiger partial charge in [-0.3, -0.25) is 0 Å². The third-order valence-electron chi connectivity index (χ3n) is 3.39. The molecule has 0 aliphatic carbocycles. The van der Waals surface area contributed by atoms with Crippen LogP contribution in [0, 0.1) is 0 Å². The SMILES string of the molecule is C[Si](C)(C)[O][Ti]([O]c1ccccc1)([O]c1ccccc1)[O]c1ccccc1. The molecule has 0 radical (unpaired) electrons. The molecule has 0 aliphatic rings. The van der Waals surface area contributed by atoms with Crippen LogP contribution >= 0.6 is 0 Å². The summed E-state index contributed by atoms with van der Waals surface area (Å²) in [5.41, 5.74) is 0. The maximum atomic E-state index is 6.50. The van der Waals surface area contributed by atoms with Gasteiger partial charge in [0, 0.05) is 0 Å². The summed E-state index contributed by atoms with van der Waals surface area (Å²) >= 11 is -4.24. The number of benzene rings is 3. The first-order chi connectivity index (χ1) is 12.9. The van der Waals surface area contributed by atoms with E-state index in [1.165, 1.54) is 0 Å². The Morgan fingerprint density at radius 1 is 0.519 bits per heavy atom. The van der Waals surface area contributed by atoms with Gasteiger partial charge >= 0.3 is 167 Å². The molecule has 0 heterocycles. The van der Waals surface area contributed by atoms with Gasteiger partial charge in [-0.05, 0) is 0 Å². The molecule has 0 unspecified atom stereocenters. The van der Waals surface area contributed by atoms with Crippen molar-refractivity contribution >= 4 is 8.32 Å². The Morgan fingerprint density at radius 3 is 1.07 bits per heavy atom. The molecule has 0 aliphatic heterocycles. The molecule has 140 valence electrons. The number of rotatable bonds is 8. The van der Waals surface area contributed by atoms with E-state index in [2.05, 4.69) is 19.6 Å². The Labute approximate surface area is 167 Å². The molecule has 27 heavy (non-hydrogen) atoms. The zero-order valence-electron chi connectivity index (χ0n) is 15.8. The van der Waals surface area contributed by atoms with Crippen LogP contribution in [0.3, 0.4) is 0 Å². The monoisotopic (exact) mass is 416 g/mol. The van der Waals surface area contributed by atoms with Crippen molar-refractivity contribution in [1.82, 2.24) is 0 Å². The van der Waals surface area contributed by atoms with E-state index >= 15 is 0 Å². The number of hydrogen-bond acceptors (Lipinski definition) is 4. The Hall–Kier alpha value is -2.05. The predicted octanol–water partition coefficient (Wildman–Crippen LogP) is 5.89. The van der Waals surface area contributed by atoms with Gasteiger partial charge in [0.25, 0.3) is 0 Å². The van der Waals surface area contributed by atoms with Crippen LogP contribution in [0.4, 0.5) is 0 Å². The van der Waals surface area contributed by atoms with Crippen LogP contribution in [0.25, 0.3) is 0 Å². The fraction of sp³-hybridized carbons (Fsp3) is 0.143. The molecule has 3 aromatic carbocycles. The predicted molar refractivity (Wildman–Crippen MR) is 106 cm³/mol. The van der Waals surface area contributed by atoms with E-state index in [-0.39, 0.29) is 0 Å². The third kappa shape index (κ3) is 6.26. The summed E-state index contributed by atoms with van der Waals surface area (Å²) in [6.45, 7) is 6.30. The van der Waals surface area contributed by atoms with Gasteiger partial charge in [0.2, 0.25) is 0 Å². The summed E-state index contributed by atoms with van der Waals surface area (Å²) in [6, 6.07) is 28.6. The zero-order chi connectivity index (χ0) is 19.2. The molecule has 0 saturated carbocycles. The first-order valence-corrected chi connectivity index (χ1v) is 14.8. The zero-order valence-corrected chi connectivity index (χ0v) is 18.4. The van der Waals surface area contributed by atoms with Gasteiger partial charge in [0.05, 0.1) is 0 Å². The van der Waals surface area contributed by atoms with Gasteiger partial charge in [-0.15, -0.1) is 0 Å². The molecule has 0 aromatic heterocycles. The van der Waals surface area contributed by atoms with Crippen LogP contribution in [-0.2, 0) is 21.1 Å². The van der Waals surface area contributed by atoms with Crippen LogP contribution in [0.5, 0.6) is 17.2 Å². The van der Waals surface area contributed by atoms with Crippen molar-refractivity contribution in [3.8, 4) is 17.2 Å². The van der Waals surface area contributed by atoms with Crippen molar-refractivity contribution in [2.24, 2.45) is 0 Å². The Kier molecular flexibility index (Phi) is 6.39. The molecular formula is C21H24O4SiTi. The summed E-state index contributed by atoms with van der Waals surface area (Å²) in [4.78, 5) is 0. The summed E-state index contributed by atoms with van der Waals surface area (Å²) < 4.78 is 25.5. The molecule has 3 rings (SSSR count). The molecule has 6 heteroatoms. The van der Waals surface area contributed by atoms with Crippen molar-refractivity contribution < 1.29 is 31.1 Å². The first-order valence-electron chi connectivity index (χ1n) is 8.87. The van der Waals surface area contributed by atoms with E-state index in [9.17, 15) is 0 Å². The van der Waals surface area contributed by atoms with Crippen molar-refractivity contribution in [2.75, 3.05) is 0 Å². The van der Waals surface area contributed by atoms with E-state index in [1.807, 2.05) is 91.0 Å². The minimum atomic E-state index is -4.24. The summed E-state index contributed by atoms with van der Waals surface area (Å²) in [6.07, 6.45) is 0. The van der Waals surface area contributed by atoms with Gasteiger partial charge in [-0.25, -0.2) is 0 Å². The first kappa shape index (κ1) is 19.7. The Bertz CT molecular complexity index is 722. The quantitative estimate of drug-likeness (QED) is 0.429. The summed E-state index contributed by atoms with van der Waals surface area (Å²) in [7, 11) is -2.05. The van der Waals surface area contributed by atoms with E-state index in [4.69, 9.17) is 13.0 Å². The van der Waals surface area contributed by atoms with E-state index in [1.54, 1.807) is 0 Å². The van der Waals surface area contributed by atoms with Gasteiger partial charge in [0.1, 0.15) is 0 Å². The molecule has 4 nitrogen and oxygen atoms in total. The number of hydrogen-bond donors (Lipinski definition) is 0. The second kappa shape index (κ2) is 8.76. The Balaban J connectivity index is 2.01. The molecule has 0 N–H and O–H groups in total. The van der Waals surface area contributed by atoms with E-state index in [0.29, 0.717) is 17.2 Å². The van der Waals surface area contributed by atoms with Crippen LogP contribution in [0.1, 0.15) is 0 Å². The fourth-order valence-electron chi connectivity index (χ4n) is 2.40. The van der Waals surface area contributed by atoms with Gasteiger partial charge in [-0.2, -0.15) is 0 Å².